The van der Waals surface area contributed by atoms with Crippen molar-refractivity contribution in [3.63, 3.8) is 0 Å². The van der Waals surface area contributed by atoms with Crippen molar-refractivity contribution < 1.29 is 9.53 Å². The van der Waals surface area contributed by atoms with Crippen LogP contribution in [0.4, 0.5) is 0 Å². The average molecular weight is 361 g/mol. The predicted molar refractivity (Wildman–Crippen MR) is 102 cm³/mol. The third kappa shape index (κ3) is 3.75. The van der Waals surface area contributed by atoms with Gasteiger partial charge in [0.15, 0.2) is 0 Å². The Kier molecular flexibility index (Phi) is 5.50. The maximum Gasteiger partial charge on any atom is 0.223 e. The van der Waals surface area contributed by atoms with Gasteiger partial charge in [-0.15, -0.1) is 12.4 Å². The normalized spacial score (nSPS) is 20.7. The van der Waals surface area contributed by atoms with Crippen LogP contribution in [0.1, 0.15) is 19.3 Å². The van der Waals surface area contributed by atoms with E-state index < -0.39 is 0 Å². The van der Waals surface area contributed by atoms with Crippen LogP contribution in [0.25, 0.3) is 10.8 Å². The largest absolute Gasteiger partial charge is 0.491 e. The molecule has 25 heavy (non-hydrogen) atoms. The molecule has 5 heteroatoms. The highest BCUT2D eigenvalue weighted by Crippen LogP contribution is 2.58. The zero-order valence-electron chi connectivity index (χ0n) is 14.3. The van der Waals surface area contributed by atoms with Gasteiger partial charge in [-0.25, -0.2) is 0 Å². The van der Waals surface area contributed by atoms with Gasteiger partial charge in [0.1, 0.15) is 12.4 Å². The summed E-state index contributed by atoms with van der Waals surface area (Å²) in [6.45, 7) is 3.16. The maximum atomic E-state index is 12.3. The van der Waals surface area contributed by atoms with Crippen molar-refractivity contribution in [1.29, 1.82) is 0 Å². The van der Waals surface area contributed by atoms with Crippen molar-refractivity contribution >= 4 is 29.1 Å². The van der Waals surface area contributed by atoms with Gasteiger partial charge in [-0.3, -0.25) is 4.79 Å². The number of carbonyl (C=O) groups excluding carboxylic acids is 1. The summed E-state index contributed by atoms with van der Waals surface area (Å²) in [6.07, 6.45) is 3.33. The van der Waals surface area contributed by atoms with Crippen LogP contribution in [0, 0.1) is 11.3 Å². The van der Waals surface area contributed by atoms with E-state index in [-0.39, 0.29) is 24.2 Å². The first-order chi connectivity index (χ1) is 11.8. The van der Waals surface area contributed by atoms with E-state index in [2.05, 4.69) is 28.8 Å². The smallest absolute Gasteiger partial charge is 0.223 e. The van der Waals surface area contributed by atoms with Crippen LogP contribution in [0.2, 0.25) is 0 Å². The molecule has 134 valence electrons. The summed E-state index contributed by atoms with van der Waals surface area (Å²) in [5.41, 5.74) is 0.297. The van der Waals surface area contributed by atoms with Crippen LogP contribution in [0.3, 0.4) is 0 Å². The van der Waals surface area contributed by atoms with Crippen molar-refractivity contribution in [2.24, 2.45) is 11.3 Å². The molecule has 1 aliphatic carbocycles. The minimum Gasteiger partial charge on any atom is -0.491 e. The Labute approximate surface area is 154 Å². The van der Waals surface area contributed by atoms with Crippen molar-refractivity contribution in [2.45, 2.75) is 19.3 Å². The minimum absolute atomic E-state index is 0. The Morgan fingerprint density at radius 3 is 2.76 bits per heavy atom. The van der Waals surface area contributed by atoms with Crippen LogP contribution in [0.5, 0.6) is 5.75 Å². The highest BCUT2D eigenvalue weighted by Gasteiger charge is 2.57. The molecular formula is C20H25ClN2O2. The van der Waals surface area contributed by atoms with Crippen molar-refractivity contribution in [1.82, 2.24) is 10.6 Å². The maximum absolute atomic E-state index is 12.3. The molecular weight excluding hydrogens is 336 g/mol. The number of carbonyl (C=O) groups is 1. The second-order valence-corrected chi connectivity index (χ2v) is 6.99. The summed E-state index contributed by atoms with van der Waals surface area (Å²) in [5.74, 6) is 1.30. The number of fused-ring (bicyclic) bond motifs is 1. The SMILES string of the molecule is Cl.O=C(NCCOc1cccc2ccccc12)C1CC12CCNCC2. The quantitative estimate of drug-likeness (QED) is 0.805. The van der Waals surface area contributed by atoms with Gasteiger partial charge in [0.25, 0.3) is 0 Å². The third-order valence-electron chi connectivity index (χ3n) is 5.51. The van der Waals surface area contributed by atoms with Gasteiger partial charge in [0.2, 0.25) is 5.91 Å². The fourth-order valence-corrected chi connectivity index (χ4v) is 3.98. The molecule has 4 rings (SSSR count). The van der Waals surface area contributed by atoms with Crippen molar-refractivity contribution in [2.75, 3.05) is 26.2 Å². The summed E-state index contributed by atoms with van der Waals surface area (Å²) < 4.78 is 5.88. The molecule has 1 saturated heterocycles. The molecule has 0 radical (unpaired) electrons. The molecule has 2 aromatic rings. The second-order valence-electron chi connectivity index (χ2n) is 6.99. The van der Waals surface area contributed by atoms with Crippen LogP contribution in [-0.2, 0) is 4.79 Å². The monoisotopic (exact) mass is 360 g/mol. The van der Waals surface area contributed by atoms with Gasteiger partial charge in [0.05, 0.1) is 6.54 Å². The van der Waals surface area contributed by atoms with Crippen molar-refractivity contribution in [3.8, 4) is 5.75 Å². The molecule has 2 aromatic carbocycles. The Bertz CT molecular complexity index is 738. The molecule has 1 aliphatic heterocycles. The lowest BCUT2D eigenvalue weighted by Gasteiger charge is -2.23. The van der Waals surface area contributed by atoms with Gasteiger partial charge in [-0.05, 0) is 49.2 Å². The van der Waals surface area contributed by atoms with Gasteiger partial charge >= 0.3 is 0 Å². The number of nitrogens with one attached hydrogen (secondary N) is 2. The Morgan fingerprint density at radius 1 is 1.16 bits per heavy atom. The number of rotatable bonds is 5. The zero-order chi connectivity index (χ0) is 16.4. The van der Waals surface area contributed by atoms with Gasteiger partial charge in [-0.2, -0.15) is 0 Å². The first-order valence-electron chi connectivity index (χ1n) is 8.88. The van der Waals surface area contributed by atoms with E-state index >= 15 is 0 Å². The molecule has 0 bridgehead atoms. The molecule has 1 saturated carbocycles. The molecule has 2 fully saturated rings. The van der Waals surface area contributed by atoms with Crippen LogP contribution >= 0.6 is 12.4 Å². The predicted octanol–water partition coefficient (Wildman–Crippen LogP) is 3.15. The Morgan fingerprint density at radius 2 is 1.92 bits per heavy atom. The zero-order valence-corrected chi connectivity index (χ0v) is 15.1. The third-order valence-corrected chi connectivity index (χ3v) is 5.51. The molecule has 2 N–H and O–H groups in total. The first kappa shape index (κ1) is 18.0. The van der Waals surface area contributed by atoms with Crippen LogP contribution in [-0.4, -0.2) is 32.1 Å². The lowest BCUT2D eigenvalue weighted by molar-refractivity contribution is -0.123. The van der Waals surface area contributed by atoms with E-state index in [9.17, 15) is 4.79 Å². The van der Waals surface area contributed by atoms with E-state index in [4.69, 9.17) is 4.74 Å². The lowest BCUT2D eigenvalue weighted by atomic mass is 9.92. The van der Waals surface area contributed by atoms with Gasteiger partial charge in [-0.1, -0.05) is 36.4 Å². The standard InChI is InChI=1S/C20H24N2O2.ClH/c23-19(17-14-20(17)8-10-21-11-9-20)22-12-13-24-18-7-3-5-15-4-1-2-6-16(15)18;/h1-7,17,21H,8-14H2,(H,22,23);1H. The molecule has 1 heterocycles. The van der Waals surface area contributed by atoms with E-state index in [0.29, 0.717) is 18.6 Å². The van der Waals surface area contributed by atoms with Gasteiger partial charge in [0, 0.05) is 11.3 Å². The summed E-state index contributed by atoms with van der Waals surface area (Å²) in [6, 6.07) is 14.2. The summed E-state index contributed by atoms with van der Waals surface area (Å²) >= 11 is 0. The number of hydrogen-bond donors (Lipinski definition) is 2. The molecule has 1 unspecified atom stereocenters. The number of ether oxygens (including phenoxy) is 1. The van der Waals surface area contributed by atoms with E-state index in [1.165, 1.54) is 5.39 Å². The minimum atomic E-state index is 0. The molecule has 1 atom stereocenters. The van der Waals surface area contributed by atoms with E-state index in [1.807, 2.05) is 24.3 Å². The molecule has 1 amide bonds. The number of benzene rings is 2. The number of hydrogen-bond acceptors (Lipinski definition) is 3. The molecule has 2 aliphatic rings. The fourth-order valence-electron chi connectivity index (χ4n) is 3.98. The number of halogens is 1. The van der Waals surface area contributed by atoms with Gasteiger partial charge < -0.3 is 15.4 Å². The summed E-state index contributed by atoms with van der Waals surface area (Å²) in [7, 11) is 0. The number of amides is 1. The van der Waals surface area contributed by atoms with Crippen LogP contribution < -0.4 is 15.4 Å². The Hall–Kier alpha value is -1.78. The summed E-state index contributed by atoms with van der Waals surface area (Å²) in [4.78, 5) is 12.3. The topological polar surface area (TPSA) is 50.4 Å². The average Bonchev–Trinajstić information content (AvgIpc) is 3.32. The summed E-state index contributed by atoms with van der Waals surface area (Å²) in [5, 5.41) is 8.71. The number of piperidine rings is 1. The first-order valence-corrected chi connectivity index (χ1v) is 8.88. The van der Waals surface area contributed by atoms with Crippen LogP contribution in [0.15, 0.2) is 42.5 Å². The molecule has 0 aromatic heterocycles. The molecule has 4 nitrogen and oxygen atoms in total. The highest BCUT2D eigenvalue weighted by atomic mass is 35.5. The fraction of sp³-hybridized carbons (Fsp3) is 0.450. The Balaban J connectivity index is 0.00000182. The second kappa shape index (κ2) is 7.63. The van der Waals surface area contributed by atoms with Crippen molar-refractivity contribution in [3.05, 3.63) is 42.5 Å². The van der Waals surface area contributed by atoms with E-state index in [0.717, 1.165) is 43.5 Å². The highest BCUT2D eigenvalue weighted by molar-refractivity contribution is 5.88. The molecule has 1 spiro atoms. The lowest BCUT2D eigenvalue weighted by Crippen LogP contribution is -2.35. The van der Waals surface area contributed by atoms with E-state index in [1.54, 1.807) is 0 Å².